The van der Waals surface area contributed by atoms with Crippen LogP contribution in [0.5, 0.6) is 0 Å². The number of hydrogen-bond donors (Lipinski definition) is 1. The topological polar surface area (TPSA) is 102 Å². The summed E-state index contributed by atoms with van der Waals surface area (Å²) in [5, 5.41) is 3.99. The lowest BCUT2D eigenvalue weighted by atomic mass is 9.99. The molecule has 2 N–H and O–H groups in total. The maximum absolute atomic E-state index is 14.4. The van der Waals surface area contributed by atoms with Crippen LogP contribution in [0, 0.1) is 5.82 Å². The van der Waals surface area contributed by atoms with Crippen LogP contribution in [0.1, 0.15) is 50.8 Å². The summed E-state index contributed by atoms with van der Waals surface area (Å²) in [5.41, 5.74) is 6.11. The third-order valence-corrected chi connectivity index (χ3v) is 7.39. The van der Waals surface area contributed by atoms with E-state index >= 15 is 0 Å². The van der Waals surface area contributed by atoms with Crippen LogP contribution in [-0.2, 0) is 15.6 Å². The van der Waals surface area contributed by atoms with E-state index in [1.54, 1.807) is 0 Å². The Bertz CT molecular complexity index is 932. The molecule has 4 rings (SSSR count). The number of nitrogens with two attached hydrogens (primary N) is 1. The second-order valence-electron chi connectivity index (χ2n) is 7.40. The minimum atomic E-state index is -3.90. The SMILES string of the molecule is NC1(c2noc(-c3ccc(F)c(S(=O)(=O)N4CCCCC4)c3)n2)CCCC1. The molecule has 0 atom stereocenters. The van der Waals surface area contributed by atoms with Crippen molar-refractivity contribution in [3.05, 3.63) is 29.8 Å². The van der Waals surface area contributed by atoms with Gasteiger partial charge in [0.25, 0.3) is 5.89 Å². The van der Waals surface area contributed by atoms with Crippen molar-refractivity contribution in [2.24, 2.45) is 5.73 Å². The molecule has 2 fully saturated rings. The Balaban J connectivity index is 1.68. The first kappa shape index (κ1) is 18.5. The van der Waals surface area contributed by atoms with Crippen molar-refractivity contribution in [2.45, 2.75) is 55.4 Å². The Morgan fingerprint density at radius 1 is 1.11 bits per heavy atom. The molecule has 0 bridgehead atoms. The van der Waals surface area contributed by atoms with Crippen molar-refractivity contribution in [2.75, 3.05) is 13.1 Å². The average Bonchev–Trinajstić information content (AvgIpc) is 3.33. The zero-order valence-corrected chi connectivity index (χ0v) is 15.8. The van der Waals surface area contributed by atoms with Gasteiger partial charge >= 0.3 is 0 Å². The number of nitrogens with zero attached hydrogens (tertiary/aromatic N) is 3. The third kappa shape index (κ3) is 3.39. The van der Waals surface area contributed by atoms with Crippen LogP contribution >= 0.6 is 0 Å². The van der Waals surface area contributed by atoms with Gasteiger partial charge in [0, 0.05) is 18.7 Å². The molecule has 1 aliphatic carbocycles. The fourth-order valence-electron chi connectivity index (χ4n) is 3.85. The fraction of sp³-hybridized carbons (Fsp3) is 0.556. The molecule has 1 aliphatic heterocycles. The van der Waals surface area contributed by atoms with Gasteiger partial charge in [0.2, 0.25) is 10.0 Å². The molecule has 0 radical (unpaired) electrons. The largest absolute Gasteiger partial charge is 0.334 e. The predicted octanol–water partition coefficient (Wildman–Crippen LogP) is 2.78. The maximum atomic E-state index is 14.4. The zero-order chi connectivity index (χ0) is 19.1. The monoisotopic (exact) mass is 394 g/mol. The molecular formula is C18H23FN4O3S. The zero-order valence-electron chi connectivity index (χ0n) is 15.0. The predicted molar refractivity (Wildman–Crippen MR) is 96.6 cm³/mol. The summed E-state index contributed by atoms with van der Waals surface area (Å²) in [5.74, 6) is -0.216. The second-order valence-corrected chi connectivity index (χ2v) is 9.30. The Hall–Kier alpha value is -1.84. The summed E-state index contributed by atoms with van der Waals surface area (Å²) in [6.45, 7) is 0.818. The lowest BCUT2D eigenvalue weighted by Crippen LogP contribution is -2.36. The standard InChI is InChI=1S/C18H23FN4O3S/c19-14-7-6-13(12-15(14)27(24,25)23-10-4-1-5-11-23)16-21-17(22-26-16)18(20)8-2-3-9-18/h6-7,12H,1-5,8-11,20H2. The van der Waals surface area contributed by atoms with E-state index in [0.717, 1.165) is 51.0 Å². The van der Waals surface area contributed by atoms with Crippen LogP contribution in [-0.4, -0.2) is 36.0 Å². The van der Waals surface area contributed by atoms with Crippen molar-refractivity contribution in [1.82, 2.24) is 14.4 Å². The van der Waals surface area contributed by atoms with Gasteiger partial charge in [-0.15, -0.1) is 0 Å². The number of rotatable bonds is 4. The molecule has 27 heavy (non-hydrogen) atoms. The summed E-state index contributed by atoms with van der Waals surface area (Å²) in [4.78, 5) is 4.01. The highest BCUT2D eigenvalue weighted by molar-refractivity contribution is 7.89. The van der Waals surface area contributed by atoms with E-state index in [1.807, 2.05) is 0 Å². The number of sulfonamides is 1. The highest BCUT2D eigenvalue weighted by atomic mass is 32.2. The highest BCUT2D eigenvalue weighted by Crippen LogP contribution is 2.36. The molecule has 2 heterocycles. The van der Waals surface area contributed by atoms with E-state index in [-0.39, 0.29) is 10.8 Å². The lowest BCUT2D eigenvalue weighted by Gasteiger charge is -2.26. The van der Waals surface area contributed by atoms with Crippen molar-refractivity contribution < 1.29 is 17.3 Å². The van der Waals surface area contributed by atoms with Crippen molar-refractivity contribution in [3.8, 4) is 11.5 Å². The van der Waals surface area contributed by atoms with E-state index in [1.165, 1.54) is 16.4 Å². The Morgan fingerprint density at radius 2 is 1.81 bits per heavy atom. The Labute approximate surface area is 157 Å². The molecule has 0 unspecified atom stereocenters. The number of halogens is 1. The van der Waals surface area contributed by atoms with E-state index in [0.29, 0.717) is 24.5 Å². The summed E-state index contributed by atoms with van der Waals surface area (Å²) in [6, 6.07) is 3.85. The third-order valence-electron chi connectivity index (χ3n) is 5.48. The fourth-order valence-corrected chi connectivity index (χ4v) is 5.46. The molecule has 2 aliphatic rings. The van der Waals surface area contributed by atoms with Crippen LogP contribution in [0.4, 0.5) is 4.39 Å². The summed E-state index contributed by atoms with van der Waals surface area (Å²) in [6.07, 6.45) is 6.14. The van der Waals surface area contributed by atoms with Crippen LogP contribution in [0.15, 0.2) is 27.6 Å². The number of benzene rings is 1. The van der Waals surface area contributed by atoms with Crippen LogP contribution in [0.3, 0.4) is 0 Å². The maximum Gasteiger partial charge on any atom is 0.258 e. The van der Waals surface area contributed by atoms with Crippen LogP contribution < -0.4 is 5.73 Å². The normalized spacial score (nSPS) is 20.8. The summed E-state index contributed by atoms with van der Waals surface area (Å²) < 4.78 is 46.7. The van der Waals surface area contributed by atoms with Gasteiger partial charge in [0.1, 0.15) is 10.7 Å². The molecule has 1 aromatic carbocycles. The van der Waals surface area contributed by atoms with E-state index in [9.17, 15) is 12.8 Å². The van der Waals surface area contributed by atoms with Gasteiger partial charge in [0.15, 0.2) is 5.82 Å². The highest BCUT2D eigenvalue weighted by Gasteiger charge is 2.36. The number of hydrogen-bond acceptors (Lipinski definition) is 6. The van der Waals surface area contributed by atoms with Crippen molar-refractivity contribution in [1.29, 1.82) is 0 Å². The molecule has 1 aromatic heterocycles. The molecule has 0 spiro atoms. The first-order valence-electron chi connectivity index (χ1n) is 9.33. The van der Waals surface area contributed by atoms with Crippen molar-refractivity contribution in [3.63, 3.8) is 0 Å². The molecule has 1 saturated carbocycles. The Kier molecular flexibility index (Phi) is 4.77. The van der Waals surface area contributed by atoms with Gasteiger partial charge in [-0.05, 0) is 43.9 Å². The number of piperidine rings is 1. The van der Waals surface area contributed by atoms with E-state index in [4.69, 9.17) is 10.3 Å². The van der Waals surface area contributed by atoms with E-state index < -0.39 is 21.4 Å². The second kappa shape index (κ2) is 6.96. The van der Waals surface area contributed by atoms with Gasteiger partial charge in [-0.3, -0.25) is 0 Å². The first-order chi connectivity index (χ1) is 12.9. The Morgan fingerprint density at radius 3 is 2.52 bits per heavy atom. The average molecular weight is 394 g/mol. The van der Waals surface area contributed by atoms with Gasteiger partial charge < -0.3 is 10.3 Å². The first-order valence-corrected chi connectivity index (χ1v) is 10.8. The molecule has 0 amide bonds. The van der Waals surface area contributed by atoms with Gasteiger partial charge in [-0.1, -0.05) is 24.4 Å². The van der Waals surface area contributed by atoms with Crippen LogP contribution in [0.2, 0.25) is 0 Å². The molecule has 146 valence electrons. The molecule has 9 heteroatoms. The quantitative estimate of drug-likeness (QED) is 0.855. The summed E-state index contributed by atoms with van der Waals surface area (Å²) >= 11 is 0. The number of aromatic nitrogens is 2. The van der Waals surface area contributed by atoms with Crippen molar-refractivity contribution >= 4 is 10.0 Å². The molecule has 2 aromatic rings. The molecule has 7 nitrogen and oxygen atoms in total. The lowest BCUT2D eigenvalue weighted by molar-refractivity contribution is 0.345. The molecular weight excluding hydrogens is 371 g/mol. The molecule has 1 saturated heterocycles. The van der Waals surface area contributed by atoms with Crippen LogP contribution in [0.25, 0.3) is 11.5 Å². The summed E-state index contributed by atoms with van der Waals surface area (Å²) in [7, 11) is -3.90. The van der Waals surface area contributed by atoms with E-state index in [2.05, 4.69) is 10.1 Å². The van der Waals surface area contributed by atoms with Gasteiger partial charge in [-0.25, -0.2) is 12.8 Å². The minimum absolute atomic E-state index is 0.150. The van der Waals surface area contributed by atoms with Gasteiger partial charge in [-0.2, -0.15) is 9.29 Å². The van der Waals surface area contributed by atoms with Gasteiger partial charge in [0.05, 0.1) is 5.54 Å². The smallest absolute Gasteiger partial charge is 0.258 e. The minimum Gasteiger partial charge on any atom is -0.334 e.